The average Bonchev–Trinajstić information content (AvgIpc) is 3.02. The summed E-state index contributed by atoms with van der Waals surface area (Å²) >= 11 is 6.19. The fourth-order valence-corrected chi connectivity index (χ4v) is 3.46. The van der Waals surface area contributed by atoms with Crippen molar-refractivity contribution in [2.75, 3.05) is 6.61 Å². The molecule has 6 nitrogen and oxygen atoms in total. The molecular weight excluding hydrogens is 406 g/mol. The van der Waals surface area contributed by atoms with Crippen LogP contribution in [0.15, 0.2) is 58.5 Å². The van der Waals surface area contributed by atoms with Gasteiger partial charge < -0.3 is 10.1 Å². The van der Waals surface area contributed by atoms with E-state index in [2.05, 4.69) is 15.8 Å². The van der Waals surface area contributed by atoms with Crippen molar-refractivity contribution in [1.29, 1.82) is 0 Å². The largest absolute Gasteiger partial charge is 0.484 e. The van der Waals surface area contributed by atoms with Crippen molar-refractivity contribution < 1.29 is 14.3 Å². The van der Waals surface area contributed by atoms with Crippen molar-refractivity contribution in [2.24, 2.45) is 5.10 Å². The number of rotatable bonds is 6. The fourth-order valence-electron chi connectivity index (χ4n) is 2.42. The van der Waals surface area contributed by atoms with Crippen molar-refractivity contribution >= 4 is 51.9 Å². The Labute approximate surface area is 178 Å². The third-order valence-electron chi connectivity index (χ3n) is 4.01. The smallest absolute Gasteiger partial charge is 0.277 e. The van der Waals surface area contributed by atoms with Crippen LogP contribution >= 0.6 is 24.0 Å². The van der Waals surface area contributed by atoms with Crippen LogP contribution in [0.1, 0.15) is 23.6 Å². The van der Waals surface area contributed by atoms with Gasteiger partial charge in [0, 0.05) is 0 Å². The highest BCUT2D eigenvalue weighted by atomic mass is 32.2. The number of hydrogen-bond donors (Lipinski definition) is 2. The molecule has 2 aromatic rings. The predicted molar refractivity (Wildman–Crippen MR) is 120 cm³/mol. The molecule has 1 fully saturated rings. The lowest BCUT2D eigenvalue weighted by Gasteiger charge is -2.06. The first-order valence-electron chi connectivity index (χ1n) is 8.78. The second kappa shape index (κ2) is 9.49. The summed E-state index contributed by atoms with van der Waals surface area (Å²) in [5.74, 6) is -0.00531. The van der Waals surface area contributed by atoms with Crippen LogP contribution < -0.4 is 15.5 Å². The maximum absolute atomic E-state index is 12.0. The summed E-state index contributed by atoms with van der Waals surface area (Å²) < 4.78 is 5.93. The number of hydrazone groups is 1. The summed E-state index contributed by atoms with van der Waals surface area (Å²) in [6, 6.07) is 15.0. The molecule has 0 aliphatic carbocycles. The first-order chi connectivity index (χ1) is 13.9. The van der Waals surface area contributed by atoms with Gasteiger partial charge in [-0.2, -0.15) is 5.10 Å². The SMILES string of the molecule is C/C(=N\NC(=O)COc1ccc(/C=C2\SC(=S)NC2=O)cc1)c1ccc(C)cc1. The van der Waals surface area contributed by atoms with Gasteiger partial charge >= 0.3 is 0 Å². The molecule has 1 aliphatic rings. The van der Waals surface area contributed by atoms with E-state index in [1.807, 2.05) is 38.1 Å². The highest BCUT2D eigenvalue weighted by Crippen LogP contribution is 2.26. The molecule has 2 N–H and O–H groups in total. The van der Waals surface area contributed by atoms with Crippen molar-refractivity contribution in [3.05, 3.63) is 70.1 Å². The number of nitrogens with zero attached hydrogens (tertiary/aromatic N) is 1. The molecule has 0 bridgehead atoms. The predicted octanol–water partition coefficient (Wildman–Crippen LogP) is 3.40. The van der Waals surface area contributed by atoms with E-state index in [-0.39, 0.29) is 18.4 Å². The van der Waals surface area contributed by atoms with Gasteiger partial charge in [0.1, 0.15) is 10.1 Å². The summed E-state index contributed by atoms with van der Waals surface area (Å²) in [7, 11) is 0. The molecule has 0 spiro atoms. The van der Waals surface area contributed by atoms with Gasteiger partial charge in [0.15, 0.2) is 6.61 Å². The number of hydrogen-bond acceptors (Lipinski definition) is 6. The minimum Gasteiger partial charge on any atom is -0.484 e. The van der Waals surface area contributed by atoms with E-state index in [4.69, 9.17) is 17.0 Å². The number of nitrogens with one attached hydrogen (secondary N) is 2. The number of ether oxygens (including phenoxy) is 1. The van der Waals surface area contributed by atoms with E-state index in [1.54, 1.807) is 30.3 Å². The lowest BCUT2D eigenvalue weighted by atomic mass is 10.1. The minimum atomic E-state index is -0.352. The number of aryl methyl sites for hydroxylation is 1. The Morgan fingerprint density at radius 1 is 1.21 bits per heavy atom. The van der Waals surface area contributed by atoms with Crippen LogP contribution in [0.3, 0.4) is 0 Å². The lowest BCUT2D eigenvalue weighted by molar-refractivity contribution is -0.123. The van der Waals surface area contributed by atoms with Gasteiger partial charge in [-0.15, -0.1) is 0 Å². The Hall–Kier alpha value is -2.97. The van der Waals surface area contributed by atoms with E-state index in [1.165, 1.54) is 11.8 Å². The van der Waals surface area contributed by atoms with E-state index >= 15 is 0 Å². The van der Waals surface area contributed by atoms with Gasteiger partial charge in [0.05, 0.1) is 10.6 Å². The van der Waals surface area contributed by atoms with Crippen LogP contribution in [-0.4, -0.2) is 28.5 Å². The molecule has 2 amide bonds. The summed E-state index contributed by atoms with van der Waals surface area (Å²) in [4.78, 5) is 24.2. The molecule has 1 saturated heterocycles. The third-order valence-corrected chi connectivity index (χ3v) is 5.17. The molecule has 0 atom stereocenters. The summed E-state index contributed by atoms with van der Waals surface area (Å²) in [5.41, 5.74) is 6.14. The van der Waals surface area contributed by atoms with Crippen molar-refractivity contribution in [3.8, 4) is 5.75 Å². The Kier molecular flexibility index (Phi) is 6.79. The summed E-state index contributed by atoms with van der Waals surface area (Å²) in [6.45, 7) is 3.69. The van der Waals surface area contributed by atoms with E-state index in [0.717, 1.165) is 16.7 Å². The molecule has 8 heteroatoms. The molecule has 148 valence electrons. The second-order valence-electron chi connectivity index (χ2n) is 6.31. The number of carbonyl (C=O) groups is 2. The molecule has 0 aromatic heterocycles. The third kappa shape index (κ3) is 6.00. The Morgan fingerprint density at radius 3 is 2.52 bits per heavy atom. The topological polar surface area (TPSA) is 79.8 Å². The minimum absolute atomic E-state index is 0.155. The summed E-state index contributed by atoms with van der Waals surface area (Å²) in [5, 5.41) is 6.67. The highest BCUT2D eigenvalue weighted by molar-refractivity contribution is 8.26. The van der Waals surface area contributed by atoms with Crippen LogP contribution in [-0.2, 0) is 9.59 Å². The van der Waals surface area contributed by atoms with Crippen LogP contribution in [0.25, 0.3) is 6.08 Å². The van der Waals surface area contributed by atoms with Crippen molar-refractivity contribution in [3.63, 3.8) is 0 Å². The van der Waals surface area contributed by atoms with Gasteiger partial charge in [-0.25, -0.2) is 5.43 Å². The molecular formula is C21H19N3O3S2. The number of thiocarbonyl (C=S) groups is 1. The van der Waals surface area contributed by atoms with Crippen LogP contribution in [0.2, 0.25) is 0 Å². The molecule has 1 aliphatic heterocycles. The summed E-state index contributed by atoms with van der Waals surface area (Å²) in [6.07, 6.45) is 1.75. The maximum Gasteiger partial charge on any atom is 0.277 e. The standard InChI is InChI=1S/C21H19N3O3S2/c1-13-3-7-16(8-4-13)14(2)23-24-19(25)12-27-17-9-5-15(6-10-17)11-18-20(26)22-21(28)29-18/h3-11H,12H2,1-2H3,(H,24,25)(H,22,26,28)/b18-11-,23-14+. The first-order valence-corrected chi connectivity index (χ1v) is 10.0. The monoisotopic (exact) mass is 425 g/mol. The van der Waals surface area contributed by atoms with Gasteiger partial charge in [-0.1, -0.05) is 65.9 Å². The second-order valence-corrected chi connectivity index (χ2v) is 8.03. The number of amides is 2. The lowest BCUT2D eigenvalue weighted by Crippen LogP contribution is -2.25. The van der Waals surface area contributed by atoms with Crippen LogP contribution in [0.4, 0.5) is 0 Å². The van der Waals surface area contributed by atoms with Crippen molar-refractivity contribution in [2.45, 2.75) is 13.8 Å². The Balaban J connectivity index is 1.50. The quantitative estimate of drug-likeness (QED) is 0.321. The molecule has 2 aromatic carbocycles. The highest BCUT2D eigenvalue weighted by Gasteiger charge is 2.21. The number of benzene rings is 2. The zero-order valence-electron chi connectivity index (χ0n) is 15.9. The zero-order valence-corrected chi connectivity index (χ0v) is 17.5. The van der Waals surface area contributed by atoms with Crippen LogP contribution in [0, 0.1) is 6.92 Å². The van der Waals surface area contributed by atoms with Gasteiger partial charge in [0.25, 0.3) is 11.8 Å². The van der Waals surface area contributed by atoms with Gasteiger partial charge in [-0.05, 0) is 43.2 Å². The first kappa shape index (κ1) is 20.8. The van der Waals surface area contributed by atoms with E-state index < -0.39 is 0 Å². The van der Waals surface area contributed by atoms with E-state index in [9.17, 15) is 9.59 Å². The molecule has 29 heavy (non-hydrogen) atoms. The van der Waals surface area contributed by atoms with Crippen LogP contribution in [0.5, 0.6) is 5.75 Å². The maximum atomic E-state index is 12.0. The molecule has 1 heterocycles. The van der Waals surface area contributed by atoms with Gasteiger partial charge in [0.2, 0.25) is 0 Å². The Morgan fingerprint density at radius 2 is 1.90 bits per heavy atom. The molecule has 0 saturated carbocycles. The zero-order chi connectivity index (χ0) is 20.8. The molecule has 3 rings (SSSR count). The molecule has 0 radical (unpaired) electrons. The Bertz CT molecular complexity index is 997. The average molecular weight is 426 g/mol. The number of carbonyl (C=O) groups excluding carboxylic acids is 2. The normalized spacial score (nSPS) is 15.4. The van der Waals surface area contributed by atoms with Gasteiger partial charge in [-0.3, -0.25) is 9.59 Å². The molecule has 0 unspecified atom stereocenters. The van der Waals surface area contributed by atoms with E-state index in [0.29, 0.717) is 20.7 Å². The fraction of sp³-hybridized carbons (Fsp3) is 0.143. The van der Waals surface area contributed by atoms with Crippen molar-refractivity contribution in [1.82, 2.24) is 10.7 Å². The number of thioether (sulfide) groups is 1.